The molecule has 0 unspecified atom stereocenters. The minimum absolute atomic E-state index is 0. The molecule has 1 aliphatic carbocycles. The van der Waals surface area contributed by atoms with Crippen LogP contribution in [0.25, 0.3) is 0 Å². The average molecular weight is 408 g/mol. The summed E-state index contributed by atoms with van der Waals surface area (Å²) in [5, 5.41) is 2.98. The Bertz CT molecular complexity index is 596. The van der Waals surface area contributed by atoms with Crippen LogP contribution in [0.2, 0.25) is 0 Å². The second kappa shape index (κ2) is 14.3. The van der Waals surface area contributed by atoms with E-state index >= 15 is 0 Å². The maximum absolute atomic E-state index is 12.3. The van der Waals surface area contributed by atoms with E-state index in [1.807, 2.05) is 39.8 Å². The first-order valence-electron chi connectivity index (χ1n) is 11.0. The lowest BCUT2D eigenvalue weighted by molar-refractivity contribution is -0.126. The minimum atomic E-state index is 0. The molecule has 166 valence electrons. The van der Waals surface area contributed by atoms with Gasteiger partial charge in [0.05, 0.1) is 25.9 Å². The minimum Gasteiger partial charge on any atom is -0.377 e. The molecule has 0 heterocycles. The number of hydrogen-bond donors (Lipinski definition) is 1. The van der Waals surface area contributed by atoms with Gasteiger partial charge in [0, 0.05) is 19.5 Å². The van der Waals surface area contributed by atoms with Gasteiger partial charge >= 0.3 is 0 Å². The first-order chi connectivity index (χ1) is 14.0. The number of nitrogens with one attached hydrogen (secondary N) is 1. The predicted molar refractivity (Wildman–Crippen MR) is 120 cm³/mol. The van der Waals surface area contributed by atoms with Gasteiger partial charge in [-0.15, -0.1) is 0 Å². The van der Waals surface area contributed by atoms with Crippen molar-refractivity contribution in [2.45, 2.75) is 72.3 Å². The number of carbonyl (C=O) groups is 2. The number of ketones is 1. The summed E-state index contributed by atoms with van der Waals surface area (Å²) in [6, 6.07) is 7.93. The van der Waals surface area contributed by atoms with Crippen molar-refractivity contribution in [3.63, 3.8) is 0 Å². The van der Waals surface area contributed by atoms with Crippen LogP contribution in [0.15, 0.2) is 24.3 Å². The summed E-state index contributed by atoms with van der Waals surface area (Å²) >= 11 is 0. The van der Waals surface area contributed by atoms with Crippen molar-refractivity contribution >= 4 is 11.7 Å². The molecule has 0 atom stereocenters. The third kappa shape index (κ3) is 9.55. The van der Waals surface area contributed by atoms with Crippen LogP contribution < -0.4 is 5.32 Å². The molecule has 5 heteroatoms. The fraction of sp³-hybridized carbons (Fsp3) is 0.667. The van der Waals surface area contributed by atoms with Crippen molar-refractivity contribution in [2.75, 3.05) is 26.4 Å². The molecule has 0 aliphatic heterocycles. The van der Waals surface area contributed by atoms with Gasteiger partial charge in [-0.1, -0.05) is 38.1 Å². The van der Waals surface area contributed by atoms with Crippen LogP contribution in [0, 0.1) is 5.92 Å². The Hall–Kier alpha value is -1.72. The smallest absolute Gasteiger partial charge is 0.223 e. The monoisotopic (exact) mass is 407 g/mol. The summed E-state index contributed by atoms with van der Waals surface area (Å²) < 4.78 is 10.9. The standard InChI is InChI=1S/C22H33NO4.C2H6.H2/c1-16(2)27-15-14-26-13-12-23-22(25)21-10-8-20(9-11-21)19-6-4-18(5-7-19)17(3)24;1-2;/h4-7,16,20-21H,8-15H2,1-3H3,(H,23,25);1-2H3;1H. The van der Waals surface area contributed by atoms with Gasteiger partial charge in [0.1, 0.15) is 0 Å². The van der Waals surface area contributed by atoms with Crippen molar-refractivity contribution in [3.05, 3.63) is 35.4 Å². The van der Waals surface area contributed by atoms with E-state index in [2.05, 4.69) is 17.4 Å². The molecule has 0 spiro atoms. The maximum atomic E-state index is 12.3. The molecule has 29 heavy (non-hydrogen) atoms. The van der Waals surface area contributed by atoms with Gasteiger partial charge in [0.25, 0.3) is 0 Å². The van der Waals surface area contributed by atoms with E-state index in [-0.39, 0.29) is 25.1 Å². The Morgan fingerprint density at radius 3 is 2.21 bits per heavy atom. The van der Waals surface area contributed by atoms with E-state index in [0.29, 0.717) is 32.3 Å². The quantitative estimate of drug-likeness (QED) is 0.438. The van der Waals surface area contributed by atoms with E-state index in [4.69, 9.17) is 9.47 Å². The van der Waals surface area contributed by atoms with Crippen LogP contribution in [0.5, 0.6) is 0 Å². The number of hydrogen-bond acceptors (Lipinski definition) is 4. The van der Waals surface area contributed by atoms with Crippen LogP contribution >= 0.6 is 0 Å². The first-order valence-corrected chi connectivity index (χ1v) is 11.0. The average Bonchev–Trinajstić information content (AvgIpc) is 2.74. The van der Waals surface area contributed by atoms with Crippen molar-refractivity contribution in [1.82, 2.24) is 5.32 Å². The molecule has 0 radical (unpaired) electrons. The van der Waals surface area contributed by atoms with E-state index < -0.39 is 0 Å². The molecule has 0 saturated heterocycles. The van der Waals surface area contributed by atoms with Gasteiger partial charge in [0.15, 0.2) is 5.78 Å². The van der Waals surface area contributed by atoms with Crippen LogP contribution in [0.3, 0.4) is 0 Å². The van der Waals surface area contributed by atoms with Crippen molar-refractivity contribution < 1.29 is 20.5 Å². The first kappa shape index (κ1) is 25.3. The van der Waals surface area contributed by atoms with Crippen molar-refractivity contribution in [3.8, 4) is 0 Å². The zero-order valence-electron chi connectivity index (χ0n) is 18.8. The second-order valence-corrected chi connectivity index (χ2v) is 7.55. The molecule has 0 aromatic heterocycles. The predicted octanol–water partition coefficient (Wildman–Crippen LogP) is 4.99. The number of ether oxygens (including phenoxy) is 2. The van der Waals surface area contributed by atoms with Crippen LogP contribution in [-0.4, -0.2) is 44.2 Å². The van der Waals surface area contributed by atoms with Gasteiger partial charge in [0.2, 0.25) is 5.91 Å². The normalized spacial score (nSPS) is 18.7. The maximum Gasteiger partial charge on any atom is 0.223 e. The van der Waals surface area contributed by atoms with E-state index in [9.17, 15) is 9.59 Å². The molecule has 1 fully saturated rings. The highest BCUT2D eigenvalue weighted by molar-refractivity contribution is 5.94. The second-order valence-electron chi connectivity index (χ2n) is 7.55. The Morgan fingerprint density at radius 2 is 1.66 bits per heavy atom. The largest absolute Gasteiger partial charge is 0.377 e. The summed E-state index contributed by atoms with van der Waals surface area (Å²) in [7, 11) is 0. The third-order valence-corrected chi connectivity index (χ3v) is 5.11. The summed E-state index contributed by atoms with van der Waals surface area (Å²) in [6.07, 6.45) is 4.07. The van der Waals surface area contributed by atoms with E-state index in [1.54, 1.807) is 6.92 Å². The molecule has 5 nitrogen and oxygen atoms in total. The molecule has 2 rings (SSSR count). The summed E-state index contributed by atoms with van der Waals surface area (Å²) in [4.78, 5) is 23.7. The molecule has 1 aromatic carbocycles. The lowest BCUT2D eigenvalue weighted by Crippen LogP contribution is -2.35. The fourth-order valence-electron chi connectivity index (χ4n) is 3.51. The Kier molecular flexibility index (Phi) is 12.5. The summed E-state index contributed by atoms with van der Waals surface area (Å²) in [5.41, 5.74) is 2.03. The molecular formula is C24H41NO4. The van der Waals surface area contributed by atoms with Crippen molar-refractivity contribution in [2.24, 2.45) is 5.92 Å². The van der Waals surface area contributed by atoms with Crippen LogP contribution in [0.4, 0.5) is 0 Å². The molecule has 1 saturated carbocycles. The highest BCUT2D eigenvalue weighted by atomic mass is 16.5. The zero-order chi connectivity index (χ0) is 21.6. The Labute approximate surface area is 178 Å². The number of rotatable bonds is 10. The van der Waals surface area contributed by atoms with Crippen molar-refractivity contribution in [1.29, 1.82) is 0 Å². The van der Waals surface area contributed by atoms with E-state index in [1.165, 1.54) is 5.56 Å². The van der Waals surface area contributed by atoms with Crippen LogP contribution in [-0.2, 0) is 14.3 Å². The SMILES string of the molecule is CC.CC(=O)c1ccc(C2CCC(C(=O)NCCOCCOC(C)C)CC2)cc1.[HH]. The van der Waals surface area contributed by atoms with E-state index in [0.717, 1.165) is 31.2 Å². The number of amides is 1. The Morgan fingerprint density at radius 1 is 1.03 bits per heavy atom. The highest BCUT2D eigenvalue weighted by Crippen LogP contribution is 2.35. The van der Waals surface area contributed by atoms with Crippen LogP contribution in [0.1, 0.15) is 83.6 Å². The van der Waals surface area contributed by atoms with Gasteiger partial charge in [-0.05, 0) is 57.9 Å². The Balaban J connectivity index is 0.00000272. The molecule has 0 bridgehead atoms. The molecular weight excluding hydrogens is 366 g/mol. The van der Waals surface area contributed by atoms with Gasteiger partial charge in [-0.2, -0.15) is 0 Å². The summed E-state index contributed by atoms with van der Waals surface area (Å²) in [6.45, 7) is 11.8. The fourth-order valence-corrected chi connectivity index (χ4v) is 3.51. The molecule has 1 N–H and O–H groups in total. The van der Waals surface area contributed by atoms with Gasteiger partial charge < -0.3 is 14.8 Å². The number of Topliss-reactive ketones (excluding diaryl/α,β-unsaturated/α-hetero) is 1. The molecule has 1 amide bonds. The lowest BCUT2D eigenvalue weighted by Gasteiger charge is -2.28. The molecule has 1 aliphatic rings. The molecule has 1 aromatic rings. The topological polar surface area (TPSA) is 64.6 Å². The summed E-state index contributed by atoms with van der Waals surface area (Å²) in [5.74, 6) is 0.821. The number of benzene rings is 1. The highest BCUT2D eigenvalue weighted by Gasteiger charge is 2.26. The van der Waals surface area contributed by atoms with Gasteiger partial charge in [-0.3, -0.25) is 9.59 Å². The number of carbonyl (C=O) groups excluding carboxylic acids is 2. The van der Waals surface area contributed by atoms with Gasteiger partial charge in [-0.25, -0.2) is 0 Å². The third-order valence-electron chi connectivity index (χ3n) is 5.11. The lowest BCUT2D eigenvalue weighted by atomic mass is 9.78. The zero-order valence-corrected chi connectivity index (χ0v) is 18.8.